The number of sulfone groups is 1. The van der Waals surface area contributed by atoms with Crippen molar-refractivity contribution in [2.75, 3.05) is 29.2 Å². The van der Waals surface area contributed by atoms with Gasteiger partial charge in [0.05, 0.1) is 6.61 Å². The van der Waals surface area contributed by atoms with Gasteiger partial charge < -0.3 is 10.0 Å². The molecule has 1 aliphatic heterocycles. The van der Waals surface area contributed by atoms with E-state index in [1.54, 1.807) is 11.8 Å². The Hall–Kier alpha value is -0.720. The summed E-state index contributed by atoms with van der Waals surface area (Å²) in [6, 6.07) is 5.72. The lowest BCUT2D eigenvalue weighted by atomic mass is 10.1. The van der Waals surface area contributed by atoms with Gasteiger partial charge in [0.15, 0.2) is 9.84 Å². The van der Waals surface area contributed by atoms with Crippen molar-refractivity contribution in [2.45, 2.75) is 18.9 Å². The van der Waals surface area contributed by atoms with E-state index in [4.69, 9.17) is 0 Å². The Kier molecular flexibility index (Phi) is 4.43. The third-order valence-electron chi connectivity index (χ3n) is 3.41. The molecule has 1 fully saturated rings. The third-order valence-corrected chi connectivity index (χ3v) is 6.05. The average Bonchev–Trinajstić information content (AvgIpc) is 2.37. The normalized spacial score (nSPS) is 20.6. The fraction of sp³-hybridized carbons (Fsp3) is 0.538. The predicted octanol–water partition coefficient (Wildman–Crippen LogP) is 1.41. The number of rotatable bonds is 3. The van der Waals surface area contributed by atoms with Crippen molar-refractivity contribution in [3.8, 4) is 0 Å². The molecule has 2 rings (SSSR count). The van der Waals surface area contributed by atoms with Crippen LogP contribution in [0.5, 0.6) is 0 Å². The van der Waals surface area contributed by atoms with Crippen molar-refractivity contribution in [1.29, 1.82) is 0 Å². The van der Waals surface area contributed by atoms with Gasteiger partial charge in [0.1, 0.15) is 5.37 Å². The Bertz CT molecular complexity index is 557. The van der Waals surface area contributed by atoms with E-state index < -0.39 is 15.2 Å². The molecular weight excluding hydrogens is 282 g/mol. The molecule has 1 heterocycles. The van der Waals surface area contributed by atoms with Crippen LogP contribution in [0, 0.1) is 6.92 Å². The van der Waals surface area contributed by atoms with Crippen LogP contribution in [-0.4, -0.2) is 43.2 Å². The Labute approximate surface area is 118 Å². The van der Waals surface area contributed by atoms with Crippen LogP contribution in [0.2, 0.25) is 0 Å². The van der Waals surface area contributed by atoms with Crippen LogP contribution < -0.4 is 4.90 Å². The van der Waals surface area contributed by atoms with E-state index in [0.717, 1.165) is 29.1 Å². The molecule has 4 nitrogen and oxygen atoms in total. The SMILES string of the molecule is Cc1cc(N2CCSCC2S(C)(=O)=O)ccc1CO. The Morgan fingerprint density at radius 3 is 2.79 bits per heavy atom. The van der Waals surface area contributed by atoms with Crippen LogP contribution >= 0.6 is 11.8 Å². The molecule has 1 aliphatic rings. The quantitative estimate of drug-likeness (QED) is 0.915. The van der Waals surface area contributed by atoms with Crippen LogP contribution in [0.3, 0.4) is 0 Å². The summed E-state index contributed by atoms with van der Waals surface area (Å²) in [6.45, 7) is 2.68. The molecule has 0 aliphatic carbocycles. The lowest BCUT2D eigenvalue weighted by molar-refractivity contribution is 0.281. The summed E-state index contributed by atoms with van der Waals surface area (Å²) in [5, 5.41) is 8.73. The second-order valence-corrected chi connectivity index (χ2v) is 8.17. The molecule has 0 spiro atoms. The van der Waals surface area contributed by atoms with Crippen molar-refractivity contribution in [3.05, 3.63) is 29.3 Å². The van der Waals surface area contributed by atoms with Gasteiger partial charge in [0.25, 0.3) is 0 Å². The van der Waals surface area contributed by atoms with Gasteiger partial charge in [0.2, 0.25) is 0 Å². The smallest absolute Gasteiger partial charge is 0.169 e. The highest BCUT2D eigenvalue weighted by atomic mass is 32.2. The van der Waals surface area contributed by atoms with Gasteiger partial charge in [-0.25, -0.2) is 8.42 Å². The van der Waals surface area contributed by atoms with Gasteiger partial charge in [0, 0.05) is 30.0 Å². The van der Waals surface area contributed by atoms with Crippen molar-refractivity contribution in [1.82, 2.24) is 0 Å². The second kappa shape index (κ2) is 5.73. The summed E-state index contributed by atoms with van der Waals surface area (Å²) >= 11 is 1.68. The summed E-state index contributed by atoms with van der Waals surface area (Å²) in [7, 11) is -3.10. The molecule has 106 valence electrons. The first-order valence-corrected chi connectivity index (χ1v) is 9.28. The molecular formula is C13H19NO3S2. The summed E-state index contributed by atoms with van der Waals surface area (Å²) in [6.07, 6.45) is 1.30. The Balaban J connectivity index is 2.35. The molecule has 6 heteroatoms. The zero-order chi connectivity index (χ0) is 14.0. The lowest BCUT2D eigenvalue weighted by Crippen LogP contribution is -2.47. The minimum absolute atomic E-state index is 0.0114. The van der Waals surface area contributed by atoms with Gasteiger partial charge in [-0.1, -0.05) is 6.07 Å². The molecule has 1 N–H and O–H groups in total. The summed E-state index contributed by atoms with van der Waals surface area (Å²) in [5.41, 5.74) is 2.79. The predicted molar refractivity (Wildman–Crippen MR) is 80.4 cm³/mol. The summed E-state index contributed by atoms with van der Waals surface area (Å²) < 4.78 is 23.8. The molecule has 1 unspecified atom stereocenters. The molecule has 19 heavy (non-hydrogen) atoms. The van der Waals surface area contributed by atoms with Crippen molar-refractivity contribution >= 4 is 27.3 Å². The van der Waals surface area contributed by atoms with Gasteiger partial charge in [-0.2, -0.15) is 11.8 Å². The molecule has 1 aromatic rings. The molecule has 0 amide bonds. The van der Waals surface area contributed by atoms with Gasteiger partial charge >= 0.3 is 0 Å². The number of benzene rings is 1. The van der Waals surface area contributed by atoms with Crippen molar-refractivity contribution in [3.63, 3.8) is 0 Å². The second-order valence-electron chi connectivity index (χ2n) is 4.82. The minimum atomic E-state index is -3.10. The fourth-order valence-corrected chi connectivity index (χ4v) is 5.11. The molecule has 0 saturated carbocycles. The molecule has 1 saturated heterocycles. The highest BCUT2D eigenvalue weighted by molar-refractivity contribution is 8.01. The number of hydrogen-bond donors (Lipinski definition) is 1. The molecule has 1 atom stereocenters. The molecule has 0 bridgehead atoms. The zero-order valence-corrected chi connectivity index (χ0v) is 12.8. The minimum Gasteiger partial charge on any atom is -0.392 e. The number of hydrogen-bond acceptors (Lipinski definition) is 5. The highest BCUT2D eigenvalue weighted by Crippen LogP contribution is 2.28. The van der Waals surface area contributed by atoms with E-state index in [1.807, 2.05) is 30.0 Å². The summed E-state index contributed by atoms with van der Waals surface area (Å²) in [4.78, 5) is 1.96. The lowest BCUT2D eigenvalue weighted by Gasteiger charge is -2.36. The Morgan fingerprint density at radius 2 is 2.21 bits per heavy atom. The van der Waals surface area contributed by atoms with Crippen LogP contribution in [-0.2, 0) is 16.4 Å². The number of thioether (sulfide) groups is 1. The van der Waals surface area contributed by atoms with Crippen LogP contribution in [0.25, 0.3) is 0 Å². The maximum atomic E-state index is 11.9. The summed E-state index contributed by atoms with van der Waals surface area (Å²) in [5.74, 6) is 1.55. The fourth-order valence-electron chi connectivity index (χ4n) is 2.27. The number of aliphatic hydroxyl groups is 1. The third kappa shape index (κ3) is 3.24. The number of aryl methyl sites for hydroxylation is 1. The number of anilines is 1. The highest BCUT2D eigenvalue weighted by Gasteiger charge is 2.31. The monoisotopic (exact) mass is 301 g/mol. The zero-order valence-electron chi connectivity index (χ0n) is 11.2. The largest absolute Gasteiger partial charge is 0.392 e. The van der Waals surface area contributed by atoms with Gasteiger partial charge in [-0.05, 0) is 30.2 Å². The van der Waals surface area contributed by atoms with Crippen molar-refractivity contribution < 1.29 is 13.5 Å². The first-order valence-electron chi connectivity index (χ1n) is 6.17. The van der Waals surface area contributed by atoms with Crippen molar-refractivity contribution in [2.24, 2.45) is 0 Å². The first-order chi connectivity index (χ1) is 8.93. The molecule has 1 aromatic carbocycles. The van der Waals surface area contributed by atoms with E-state index >= 15 is 0 Å². The van der Waals surface area contributed by atoms with E-state index in [1.165, 1.54) is 6.26 Å². The van der Waals surface area contributed by atoms with E-state index in [-0.39, 0.29) is 6.61 Å². The van der Waals surface area contributed by atoms with Gasteiger partial charge in [-0.3, -0.25) is 0 Å². The maximum absolute atomic E-state index is 11.9. The first kappa shape index (κ1) is 14.7. The average molecular weight is 301 g/mol. The molecule has 0 radical (unpaired) electrons. The van der Waals surface area contributed by atoms with E-state index in [2.05, 4.69) is 0 Å². The Morgan fingerprint density at radius 1 is 1.47 bits per heavy atom. The van der Waals surface area contributed by atoms with Crippen LogP contribution in [0.15, 0.2) is 18.2 Å². The number of nitrogens with zero attached hydrogens (tertiary/aromatic N) is 1. The van der Waals surface area contributed by atoms with Crippen LogP contribution in [0.4, 0.5) is 5.69 Å². The topological polar surface area (TPSA) is 57.6 Å². The van der Waals surface area contributed by atoms with E-state index in [0.29, 0.717) is 5.75 Å². The van der Waals surface area contributed by atoms with Crippen LogP contribution in [0.1, 0.15) is 11.1 Å². The molecule has 0 aromatic heterocycles. The number of aliphatic hydroxyl groups excluding tert-OH is 1. The van der Waals surface area contributed by atoms with Gasteiger partial charge in [-0.15, -0.1) is 0 Å². The van der Waals surface area contributed by atoms with E-state index in [9.17, 15) is 13.5 Å². The maximum Gasteiger partial charge on any atom is 0.169 e. The standard InChI is InChI=1S/C13H19NO3S2/c1-10-7-12(4-3-11(10)8-15)14-5-6-18-9-13(14)19(2,16)17/h3-4,7,13,15H,5-6,8-9H2,1-2H3.